The van der Waals surface area contributed by atoms with E-state index in [9.17, 15) is 13.2 Å². The summed E-state index contributed by atoms with van der Waals surface area (Å²) in [7, 11) is -3.58. The first-order valence-corrected chi connectivity index (χ1v) is 9.71. The van der Waals surface area contributed by atoms with Gasteiger partial charge in [0.05, 0.1) is 0 Å². The third kappa shape index (κ3) is 2.81. The summed E-state index contributed by atoms with van der Waals surface area (Å²) in [6, 6.07) is 0.263. The van der Waals surface area contributed by atoms with Crippen molar-refractivity contribution in [1.29, 1.82) is 0 Å². The number of nitrogens with zero attached hydrogens (tertiary/aromatic N) is 1. The van der Waals surface area contributed by atoms with Crippen LogP contribution in [0.4, 0.5) is 0 Å². The quantitative estimate of drug-likeness (QED) is 0.867. The molecule has 8 heteroatoms. The van der Waals surface area contributed by atoms with Crippen molar-refractivity contribution in [1.82, 2.24) is 14.6 Å². The molecule has 2 unspecified atom stereocenters. The molecule has 21 heavy (non-hydrogen) atoms. The first kappa shape index (κ1) is 15.2. The first-order chi connectivity index (χ1) is 10.00. The van der Waals surface area contributed by atoms with Crippen LogP contribution in [0.25, 0.3) is 0 Å². The molecule has 2 aliphatic rings. The number of aryl methyl sites for hydroxylation is 1. The Hall–Kier alpha value is -0.700. The van der Waals surface area contributed by atoms with E-state index in [1.54, 1.807) is 11.2 Å². The second-order valence-corrected chi connectivity index (χ2v) is 8.88. The van der Waals surface area contributed by atoms with Gasteiger partial charge in [-0.25, -0.2) is 8.42 Å². The van der Waals surface area contributed by atoms with Crippen molar-refractivity contribution in [3.63, 3.8) is 0 Å². The molecular weight excluding hydrogens is 310 g/mol. The normalized spacial score (nSPS) is 28.0. The molecule has 0 aliphatic carbocycles. The third-order valence-corrected chi connectivity index (χ3v) is 7.89. The summed E-state index contributed by atoms with van der Waals surface area (Å²) in [5.74, 6) is 0. The third-order valence-electron chi connectivity index (χ3n) is 4.39. The zero-order valence-electron chi connectivity index (χ0n) is 12.1. The van der Waals surface area contributed by atoms with Crippen LogP contribution in [-0.2, 0) is 10.0 Å². The summed E-state index contributed by atoms with van der Waals surface area (Å²) < 4.78 is 27.7. The van der Waals surface area contributed by atoms with Crippen molar-refractivity contribution in [3.8, 4) is 0 Å². The molecule has 3 rings (SSSR count). The standard InChI is InChI=1S/C13H21N3O3S2/c1-9-12(20-13(17)15-9)21(18,19)16-8-3-2-6-11(16)10-5-4-7-14-10/h10-11,14H,2-8H2,1H3,(H,15,17). The highest BCUT2D eigenvalue weighted by atomic mass is 32.2. The van der Waals surface area contributed by atoms with Crippen molar-refractivity contribution in [3.05, 3.63) is 15.4 Å². The lowest BCUT2D eigenvalue weighted by Gasteiger charge is -2.37. The number of sulfonamides is 1. The van der Waals surface area contributed by atoms with E-state index in [0.717, 1.165) is 50.0 Å². The van der Waals surface area contributed by atoms with E-state index < -0.39 is 10.0 Å². The molecule has 0 aromatic carbocycles. The van der Waals surface area contributed by atoms with Gasteiger partial charge in [0.2, 0.25) is 0 Å². The van der Waals surface area contributed by atoms with E-state index >= 15 is 0 Å². The number of aromatic nitrogens is 1. The Bertz CT molecular complexity index is 658. The van der Waals surface area contributed by atoms with Crippen LogP contribution in [0.2, 0.25) is 0 Å². The molecule has 0 spiro atoms. The van der Waals surface area contributed by atoms with Crippen molar-refractivity contribution >= 4 is 21.4 Å². The number of hydrogen-bond donors (Lipinski definition) is 2. The van der Waals surface area contributed by atoms with E-state index in [4.69, 9.17) is 0 Å². The van der Waals surface area contributed by atoms with Gasteiger partial charge in [-0.2, -0.15) is 4.31 Å². The Balaban J connectivity index is 1.95. The van der Waals surface area contributed by atoms with Crippen molar-refractivity contribution in [2.75, 3.05) is 13.1 Å². The van der Waals surface area contributed by atoms with Crippen LogP contribution < -0.4 is 10.2 Å². The highest BCUT2D eigenvalue weighted by Gasteiger charge is 2.40. The van der Waals surface area contributed by atoms with Crippen molar-refractivity contribution in [2.24, 2.45) is 0 Å². The molecule has 0 amide bonds. The number of piperidine rings is 1. The monoisotopic (exact) mass is 331 g/mol. The summed E-state index contributed by atoms with van der Waals surface area (Å²) in [6.07, 6.45) is 4.98. The second-order valence-electron chi connectivity index (χ2n) is 5.81. The van der Waals surface area contributed by atoms with Crippen LogP contribution in [0.5, 0.6) is 0 Å². The first-order valence-electron chi connectivity index (χ1n) is 7.45. The number of nitrogens with one attached hydrogen (secondary N) is 2. The number of aromatic amines is 1. The summed E-state index contributed by atoms with van der Waals surface area (Å²) in [5, 5.41) is 3.43. The Morgan fingerprint density at radius 3 is 2.67 bits per heavy atom. The van der Waals surface area contributed by atoms with Crippen LogP contribution in [-0.4, -0.2) is 42.9 Å². The number of rotatable bonds is 3. The Labute approximate surface area is 128 Å². The van der Waals surface area contributed by atoms with Gasteiger partial charge in [-0.1, -0.05) is 17.8 Å². The van der Waals surface area contributed by atoms with Gasteiger partial charge < -0.3 is 10.3 Å². The molecule has 2 fully saturated rings. The van der Waals surface area contributed by atoms with Crippen LogP contribution >= 0.6 is 11.3 Å². The number of hydrogen-bond acceptors (Lipinski definition) is 5. The Morgan fingerprint density at radius 1 is 1.24 bits per heavy atom. The molecule has 1 aromatic heterocycles. The Morgan fingerprint density at radius 2 is 2.05 bits per heavy atom. The van der Waals surface area contributed by atoms with Gasteiger partial charge in [0.25, 0.3) is 10.0 Å². The molecule has 6 nitrogen and oxygen atoms in total. The summed E-state index contributed by atoms with van der Waals surface area (Å²) in [4.78, 5) is 13.7. The van der Waals surface area contributed by atoms with Gasteiger partial charge in [0.15, 0.2) is 4.21 Å². The number of thiazole rings is 1. The lowest BCUT2D eigenvalue weighted by molar-refractivity contribution is 0.211. The predicted octanol–water partition coefficient (Wildman–Crippen LogP) is 1.04. The highest BCUT2D eigenvalue weighted by Crippen LogP contribution is 2.31. The average molecular weight is 331 g/mol. The molecule has 118 valence electrons. The fourth-order valence-electron chi connectivity index (χ4n) is 3.41. The summed E-state index contributed by atoms with van der Waals surface area (Å²) in [5.41, 5.74) is 0.453. The number of H-pyrrole nitrogens is 1. The molecule has 1 aromatic rings. The van der Waals surface area contributed by atoms with Gasteiger partial charge in [0, 0.05) is 24.3 Å². The average Bonchev–Trinajstić information content (AvgIpc) is 3.08. The molecule has 2 saturated heterocycles. The fraction of sp³-hybridized carbons (Fsp3) is 0.769. The fourth-order valence-corrected chi connectivity index (χ4v) is 6.56. The largest absolute Gasteiger partial charge is 0.315 e. The predicted molar refractivity (Wildman–Crippen MR) is 82.2 cm³/mol. The maximum absolute atomic E-state index is 12.9. The second kappa shape index (κ2) is 5.83. The van der Waals surface area contributed by atoms with Crippen molar-refractivity contribution < 1.29 is 8.42 Å². The maximum Gasteiger partial charge on any atom is 0.305 e. The SMILES string of the molecule is Cc1[nH]c(=O)sc1S(=O)(=O)N1CCCCC1C1CCCN1. The lowest BCUT2D eigenvalue weighted by atomic mass is 9.97. The molecule has 0 saturated carbocycles. The molecule has 0 bridgehead atoms. The zero-order valence-corrected chi connectivity index (χ0v) is 13.7. The van der Waals surface area contributed by atoms with Crippen LogP contribution in [0.3, 0.4) is 0 Å². The zero-order chi connectivity index (χ0) is 15.0. The molecular formula is C13H21N3O3S2. The Kier molecular flexibility index (Phi) is 4.22. The minimum atomic E-state index is -3.58. The van der Waals surface area contributed by atoms with E-state index in [0.29, 0.717) is 12.2 Å². The van der Waals surface area contributed by atoms with Gasteiger partial charge in [-0.15, -0.1) is 0 Å². The highest BCUT2D eigenvalue weighted by molar-refractivity contribution is 7.91. The smallest absolute Gasteiger partial charge is 0.305 e. The lowest BCUT2D eigenvalue weighted by Crippen LogP contribution is -2.52. The topological polar surface area (TPSA) is 82.3 Å². The summed E-state index contributed by atoms with van der Waals surface area (Å²) in [6.45, 7) is 3.17. The van der Waals surface area contributed by atoms with Gasteiger partial charge in [-0.05, 0) is 39.2 Å². The van der Waals surface area contributed by atoms with Gasteiger partial charge >= 0.3 is 4.87 Å². The van der Waals surface area contributed by atoms with E-state index in [1.165, 1.54) is 0 Å². The molecule has 2 aliphatic heterocycles. The van der Waals surface area contributed by atoms with Gasteiger partial charge in [0.1, 0.15) is 0 Å². The van der Waals surface area contributed by atoms with Crippen LogP contribution in [0.15, 0.2) is 9.00 Å². The molecule has 2 atom stereocenters. The summed E-state index contributed by atoms with van der Waals surface area (Å²) >= 11 is 0.798. The van der Waals surface area contributed by atoms with Crippen LogP contribution in [0.1, 0.15) is 37.8 Å². The molecule has 0 radical (unpaired) electrons. The van der Waals surface area contributed by atoms with Gasteiger partial charge in [-0.3, -0.25) is 4.79 Å². The van der Waals surface area contributed by atoms with E-state index in [-0.39, 0.29) is 21.2 Å². The molecule has 2 N–H and O–H groups in total. The minimum absolute atomic E-state index is 0.0165. The molecule has 3 heterocycles. The van der Waals surface area contributed by atoms with E-state index in [1.807, 2.05) is 0 Å². The maximum atomic E-state index is 12.9. The van der Waals surface area contributed by atoms with Crippen LogP contribution in [0, 0.1) is 6.92 Å². The van der Waals surface area contributed by atoms with E-state index in [2.05, 4.69) is 10.3 Å². The van der Waals surface area contributed by atoms with Crippen molar-refractivity contribution in [2.45, 2.75) is 55.3 Å². The minimum Gasteiger partial charge on any atom is -0.315 e.